The Morgan fingerprint density at radius 3 is 2.32 bits per heavy atom. The second-order valence-electron chi connectivity index (χ2n) is 12.7. The molecule has 0 bridgehead atoms. The van der Waals surface area contributed by atoms with E-state index in [0.717, 1.165) is 36.6 Å². The molecule has 10 unspecified atom stereocenters. The van der Waals surface area contributed by atoms with Crippen LogP contribution >= 0.6 is 0 Å². The van der Waals surface area contributed by atoms with Crippen LogP contribution in [0.1, 0.15) is 106 Å². The molecule has 0 heterocycles. The van der Waals surface area contributed by atoms with Crippen LogP contribution in [-0.2, 0) is 0 Å². The zero-order chi connectivity index (χ0) is 22.6. The summed E-state index contributed by atoms with van der Waals surface area (Å²) in [4.78, 5) is 0. The van der Waals surface area contributed by atoms with Crippen molar-refractivity contribution in [3.63, 3.8) is 0 Å². The third-order valence-electron chi connectivity index (χ3n) is 11.7. The highest BCUT2D eigenvalue weighted by molar-refractivity contribution is 5.28. The van der Waals surface area contributed by atoms with Crippen molar-refractivity contribution in [3.05, 3.63) is 11.6 Å². The Morgan fingerprint density at radius 2 is 1.61 bits per heavy atom. The van der Waals surface area contributed by atoms with Crippen molar-refractivity contribution in [3.8, 4) is 0 Å². The molecule has 3 N–H and O–H groups in total. The zero-order valence-corrected chi connectivity index (χ0v) is 21.4. The molecule has 0 amide bonds. The van der Waals surface area contributed by atoms with Crippen molar-refractivity contribution in [2.45, 2.75) is 112 Å². The summed E-state index contributed by atoms with van der Waals surface area (Å²) in [5, 5.41) is 10.6. The molecule has 2 nitrogen and oxygen atoms in total. The summed E-state index contributed by atoms with van der Waals surface area (Å²) in [6.07, 6.45) is 15.7. The normalized spacial score (nSPS) is 53.5. The Labute approximate surface area is 192 Å². The predicted molar refractivity (Wildman–Crippen MR) is 132 cm³/mol. The fourth-order valence-electron chi connectivity index (χ4n) is 9.85. The van der Waals surface area contributed by atoms with Gasteiger partial charge in [0.15, 0.2) is 0 Å². The molecule has 10 atom stereocenters. The first-order valence-corrected chi connectivity index (χ1v) is 13.8. The van der Waals surface area contributed by atoms with Gasteiger partial charge >= 0.3 is 0 Å². The number of fused-ring (bicyclic) bond motifs is 7. The van der Waals surface area contributed by atoms with E-state index in [4.69, 9.17) is 5.73 Å². The third kappa shape index (κ3) is 3.40. The minimum Gasteiger partial charge on any atom is -0.393 e. The van der Waals surface area contributed by atoms with Crippen LogP contribution in [0.2, 0.25) is 0 Å². The molecule has 0 aromatic rings. The van der Waals surface area contributed by atoms with E-state index >= 15 is 0 Å². The topological polar surface area (TPSA) is 46.2 Å². The maximum Gasteiger partial charge on any atom is 0.0568 e. The summed E-state index contributed by atoms with van der Waals surface area (Å²) in [5.41, 5.74) is 9.59. The molecule has 0 spiro atoms. The van der Waals surface area contributed by atoms with E-state index in [1.165, 1.54) is 57.8 Å². The summed E-state index contributed by atoms with van der Waals surface area (Å²) >= 11 is 0. The lowest BCUT2D eigenvalue weighted by Gasteiger charge is -2.66. The fraction of sp³-hybridized carbons (Fsp3) is 0.931. The lowest BCUT2D eigenvalue weighted by Crippen LogP contribution is -2.60. The molecule has 5 aliphatic rings. The predicted octanol–water partition coefficient (Wildman–Crippen LogP) is 6.96. The first-order valence-electron chi connectivity index (χ1n) is 13.8. The first kappa shape index (κ1) is 23.8. The number of hydrogen-bond acceptors (Lipinski definition) is 2. The number of allylic oxidation sites excluding steroid dienone is 2. The maximum absolute atomic E-state index is 10.6. The molecule has 5 aliphatic carbocycles. The first-order chi connectivity index (χ1) is 14.7. The standard InChI is InChI=1S/C27H45NO.C2H6/c1-17-7-13-27(16-28)14-9-21-19(22(27)15-17)5-6-24-25(3)12-10-23(29)18(2)20(25)8-11-26(21,24)4;1-2/h5,17-18,20-24,29H,6-16,28H2,1-4H3;1-2H3. The zero-order valence-electron chi connectivity index (χ0n) is 21.4. The lowest BCUT2D eigenvalue weighted by atomic mass is 9.39. The summed E-state index contributed by atoms with van der Waals surface area (Å²) in [6, 6.07) is 0. The molecule has 4 fully saturated rings. The maximum atomic E-state index is 10.6. The number of nitrogens with two attached hydrogens (primary N) is 1. The van der Waals surface area contributed by atoms with E-state index in [0.29, 0.717) is 28.1 Å². The summed E-state index contributed by atoms with van der Waals surface area (Å²) in [5.74, 6) is 4.38. The average molecular weight is 430 g/mol. The van der Waals surface area contributed by atoms with Gasteiger partial charge in [0.2, 0.25) is 0 Å². The smallest absolute Gasteiger partial charge is 0.0568 e. The largest absolute Gasteiger partial charge is 0.393 e. The quantitative estimate of drug-likeness (QED) is 0.442. The molecule has 0 saturated heterocycles. The van der Waals surface area contributed by atoms with Crippen molar-refractivity contribution in [1.29, 1.82) is 0 Å². The Balaban J connectivity index is 0.00000112. The second kappa shape index (κ2) is 8.46. The SMILES string of the molecule is CC.CC1CCC2(CN)CCC3C(=CCC4C3(C)CCC3C(C)C(O)CCC34C)C2C1. The van der Waals surface area contributed by atoms with Crippen LogP contribution in [0.3, 0.4) is 0 Å². The Kier molecular flexibility index (Phi) is 6.50. The van der Waals surface area contributed by atoms with Gasteiger partial charge in [-0.1, -0.05) is 59.6 Å². The molecular weight excluding hydrogens is 378 g/mol. The van der Waals surface area contributed by atoms with Crippen LogP contribution in [0.4, 0.5) is 0 Å². The number of aliphatic hydroxyl groups is 1. The summed E-state index contributed by atoms with van der Waals surface area (Å²) in [6.45, 7) is 15.0. The van der Waals surface area contributed by atoms with Gasteiger partial charge in [0.1, 0.15) is 0 Å². The van der Waals surface area contributed by atoms with Gasteiger partial charge in [0, 0.05) is 0 Å². The van der Waals surface area contributed by atoms with Gasteiger partial charge in [-0.15, -0.1) is 0 Å². The molecule has 0 aromatic heterocycles. The van der Waals surface area contributed by atoms with Gasteiger partial charge in [-0.3, -0.25) is 0 Å². The minimum absolute atomic E-state index is 0.0734. The van der Waals surface area contributed by atoms with Crippen LogP contribution in [0.15, 0.2) is 11.6 Å². The van der Waals surface area contributed by atoms with Crippen molar-refractivity contribution in [2.24, 2.45) is 57.5 Å². The highest BCUT2D eigenvalue weighted by Gasteiger charge is 2.62. The molecule has 0 aromatic carbocycles. The molecule has 2 heteroatoms. The molecule has 5 rings (SSSR count). The summed E-state index contributed by atoms with van der Waals surface area (Å²) in [7, 11) is 0. The second-order valence-corrected chi connectivity index (χ2v) is 12.7. The van der Waals surface area contributed by atoms with Crippen LogP contribution < -0.4 is 5.73 Å². The molecule has 178 valence electrons. The molecule has 0 aliphatic heterocycles. The van der Waals surface area contributed by atoms with Gasteiger partial charge in [0.05, 0.1) is 6.10 Å². The molecular formula is C29H51NO. The Hall–Kier alpha value is -0.340. The average Bonchev–Trinajstić information content (AvgIpc) is 2.77. The van der Waals surface area contributed by atoms with E-state index in [9.17, 15) is 5.11 Å². The van der Waals surface area contributed by atoms with Crippen molar-refractivity contribution in [2.75, 3.05) is 6.54 Å². The fourth-order valence-corrected chi connectivity index (χ4v) is 9.85. The Bertz CT molecular complexity index is 686. The van der Waals surface area contributed by atoms with Crippen LogP contribution in [0.5, 0.6) is 0 Å². The number of aliphatic hydroxyl groups excluding tert-OH is 1. The molecule has 31 heavy (non-hydrogen) atoms. The van der Waals surface area contributed by atoms with E-state index < -0.39 is 0 Å². The van der Waals surface area contributed by atoms with Crippen LogP contribution in [-0.4, -0.2) is 17.8 Å². The van der Waals surface area contributed by atoms with Crippen molar-refractivity contribution in [1.82, 2.24) is 0 Å². The van der Waals surface area contributed by atoms with Gasteiger partial charge < -0.3 is 10.8 Å². The van der Waals surface area contributed by atoms with E-state index in [1.807, 2.05) is 19.4 Å². The Morgan fingerprint density at radius 1 is 0.935 bits per heavy atom. The van der Waals surface area contributed by atoms with Crippen molar-refractivity contribution < 1.29 is 5.11 Å². The van der Waals surface area contributed by atoms with Crippen molar-refractivity contribution >= 4 is 0 Å². The highest BCUT2D eigenvalue weighted by Crippen LogP contribution is 2.70. The molecule has 4 saturated carbocycles. The van der Waals surface area contributed by atoms with E-state index in [-0.39, 0.29) is 6.10 Å². The monoisotopic (exact) mass is 429 g/mol. The van der Waals surface area contributed by atoms with E-state index in [1.54, 1.807) is 0 Å². The number of hydrogen-bond donors (Lipinski definition) is 2. The third-order valence-corrected chi connectivity index (χ3v) is 11.7. The van der Waals surface area contributed by atoms with Gasteiger partial charge in [0.25, 0.3) is 0 Å². The minimum atomic E-state index is -0.0734. The van der Waals surface area contributed by atoms with E-state index in [2.05, 4.69) is 33.8 Å². The van der Waals surface area contributed by atoms with Crippen LogP contribution in [0, 0.1) is 51.8 Å². The highest BCUT2D eigenvalue weighted by atomic mass is 16.3. The number of rotatable bonds is 1. The van der Waals surface area contributed by atoms with Gasteiger partial charge in [-0.25, -0.2) is 0 Å². The van der Waals surface area contributed by atoms with Gasteiger partial charge in [-0.05, 0) is 116 Å². The summed E-state index contributed by atoms with van der Waals surface area (Å²) < 4.78 is 0. The van der Waals surface area contributed by atoms with Crippen LogP contribution in [0.25, 0.3) is 0 Å². The lowest BCUT2D eigenvalue weighted by molar-refractivity contribution is -0.155. The van der Waals surface area contributed by atoms with Gasteiger partial charge in [-0.2, -0.15) is 0 Å². The molecule has 0 radical (unpaired) electrons.